The van der Waals surface area contributed by atoms with Crippen LogP contribution >= 0.6 is 15.9 Å². The minimum atomic E-state index is -6.74. The van der Waals surface area contributed by atoms with Crippen molar-refractivity contribution in [3.8, 4) is 0 Å². The van der Waals surface area contributed by atoms with E-state index in [1.54, 1.807) is 0 Å². The minimum absolute atomic E-state index is 1.02. The zero-order valence-corrected chi connectivity index (χ0v) is 8.77. The van der Waals surface area contributed by atoms with E-state index in [1.807, 2.05) is 0 Å². The van der Waals surface area contributed by atoms with Gasteiger partial charge in [-0.1, -0.05) is 0 Å². The summed E-state index contributed by atoms with van der Waals surface area (Å²) in [6.45, 7) is 0. The fourth-order valence-corrected chi connectivity index (χ4v) is 1.57. The van der Waals surface area contributed by atoms with Gasteiger partial charge in [-0.2, -0.15) is 35.1 Å². The molecule has 0 amide bonds. The largest absolute Gasteiger partial charge is 0.385 e. The van der Waals surface area contributed by atoms with Crippen LogP contribution in [-0.2, 0) is 4.79 Å². The lowest BCUT2D eigenvalue weighted by Crippen LogP contribution is -2.77. The van der Waals surface area contributed by atoms with Crippen LogP contribution < -0.4 is 0 Å². The molecule has 1 nitrogen and oxygen atoms in total. The summed E-state index contributed by atoms with van der Waals surface area (Å²) in [5.74, 6) is -29.7. The van der Waals surface area contributed by atoms with Gasteiger partial charge in [0, 0.05) is 0 Å². The Morgan fingerprint density at radius 3 is 1.41 bits per heavy atom. The number of Topliss-reactive ketones (excluding diaryl/α,β-unsaturated/α-hetero) is 1. The number of hydrogen-bond donors (Lipinski definition) is 0. The SMILES string of the molecule is O=C1C(F)(F)C(F)(F)C(F)(F)C(F)(F)C1(F)Br. The Morgan fingerprint density at radius 1 is 0.706 bits per heavy atom. The highest BCUT2D eigenvalue weighted by molar-refractivity contribution is 9.10. The van der Waals surface area contributed by atoms with Gasteiger partial charge in [-0.3, -0.25) is 4.79 Å². The average molecular weight is 339 g/mol. The molecule has 0 spiro atoms. The van der Waals surface area contributed by atoms with Crippen molar-refractivity contribution in [2.45, 2.75) is 28.3 Å². The molecular weight excluding hydrogens is 339 g/mol. The molecule has 0 aliphatic heterocycles. The molecule has 0 aromatic heterocycles. The van der Waals surface area contributed by atoms with Crippen LogP contribution in [-0.4, -0.2) is 34.1 Å². The molecule has 0 N–H and O–H groups in total. The maximum absolute atomic E-state index is 12.9. The first-order chi connectivity index (χ1) is 7.15. The van der Waals surface area contributed by atoms with Gasteiger partial charge in [-0.25, -0.2) is 4.39 Å². The third-order valence-corrected chi connectivity index (χ3v) is 3.01. The molecule has 1 rings (SSSR count). The first-order valence-electron chi connectivity index (χ1n) is 3.59. The van der Waals surface area contributed by atoms with Gasteiger partial charge in [-0.05, 0) is 15.9 Å². The van der Waals surface area contributed by atoms with E-state index < -0.39 is 34.1 Å². The lowest BCUT2D eigenvalue weighted by Gasteiger charge is -2.45. The number of carbonyl (C=O) groups excluding carboxylic acids is 1. The highest BCUT2D eigenvalue weighted by Gasteiger charge is 2.94. The maximum Gasteiger partial charge on any atom is 0.385 e. The molecule has 100 valence electrons. The van der Waals surface area contributed by atoms with E-state index >= 15 is 0 Å². The smallest absolute Gasteiger partial charge is 0.288 e. The van der Waals surface area contributed by atoms with Crippen LogP contribution in [0, 0.1) is 0 Å². The van der Waals surface area contributed by atoms with Crippen molar-refractivity contribution in [1.82, 2.24) is 0 Å². The van der Waals surface area contributed by atoms with Gasteiger partial charge in [0.25, 0.3) is 10.4 Å². The van der Waals surface area contributed by atoms with E-state index in [9.17, 15) is 44.3 Å². The first-order valence-corrected chi connectivity index (χ1v) is 4.39. The van der Waals surface area contributed by atoms with Gasteiger partial charge in [0.2, 0.25) is 0 Å². The van der Waals surface area contributed by atoms with Gasteiger partial charge >= 0.3 is 23.7 Å². The average Bonchev–Trinajstić information content (AvgIpc) is 2.13. The summed E-state index contributed by atoms with van der Waals surface area (Å²) < 4.78 is 108. The molecule has 0 saturated heterocycles. The van der Waals surface area contributed by atoms with E-state index in [-0.39, 0.29) is 0 Å². The van der Waals surface area contributed by atoms with E-state index in [4.69, 9.17) is 0 Å². The van der Waals surface area contributed by atoms with Crippen molar-refractivity contribution in [2.75, 3.05) is 0 Å². The second-order valence-electron chi connectivity index (χ2n) is 3.20. The van der Waals surface area contributed by atoms with Crippen LogP contribution in [0.15, 0.2) is 0 Å². The lowest BCUT2D eigenvalue weighted by atomic mass is 9.83. The monoisotopic (exact) mass is 338 g/mol. The highest BCUT2D eigenvalue weighted by atomic mass is 79.9. The van der Waals surface area contributed by atoms with Crippen LogP contribution in [0.25, 0.3) is 0 Å². The number of halogens is 10. The minimum Gasteiger partial charge on any atom is -0.288 e. The van der Waals surface area contributed by atoms with Crippen molar-refractivity contribution in [1.29, 1.82) is 0 Å². The van der Waals surface area contributed by atoms with E-state index in [1.165, 1.54) is 0 Å². The van der Waals surface area contributed by atoms with Gasteiger partial charge in [0.05, 0.1) is 0 Å². The van der Waals surface area contributed by atoms with E-state index in [2.05, 4.69) is 0 Å². The summed E-state index contributed by atoms with van der Waals surface area (Å²) in [5.41, 5.74) is 0. The number of rotatable bonds is 0. The summed E-state index contributed by atoms with van der Waals surface area (Å²) in [7, 11) is 0. The fraction of sp³-hybridized carbons (Fsp3) is 0.833. The van der Waals surface area contributed by atoms with Gasteiger partial charge in [0.15, 0.2) is 0 Å². The molecular formula is C6BrF9O. The third kappa shape index (κ3) is 1.26. The molecule has 11 heteroatoms. The quantitative estimate of drug-likeness (QED) is 0.490. The highest BCUT2D eigenvalue weighted by Crippen LogP contribution is 2.64. The molecule has 1 saturated carbocycles. The molecule has 0 radical (unpaired) electrons. The Kier molecular flexibility index (Phi) is 2.65. The first kappa shape index (κ1) is 14.6. The molecule has 1 aliphatic rings. The molecule has 1 atom stereocenters. The van der Waals surface area contributed by atoms with Gasteiger partial charge in [-0.15, -0.1) is 0 Å². The second kappa shape index (κ2) is 3.09. The van der Waals surface area contributed by atoms with Crippen LogP contribution in [0.5, 0.6) is 0 Å². The maximum atomic E-state index is 12.9. The number of alkyl halides is 10. The Balaban J connectivity index is 3.62. The number of ketones is 1. The molecule has 1 fully saturated rings. The lowest BCUT2D eigenvalue weighted by molar-refractivity contribution is -0.386. The van der Waals surface area contributed by atoms with Crippen molar-refractivity contribution in [3.63, 3.8) is 0 Å². The third-order valence-electron chi connectivity index (χ3n) is 2.15. The molecule has 17 heavy (non-hydrogen) atoms. The van der Waals surface area contributed by atoms with Crippen molar-refractivity contribution in [3.05, 3.63) is 0 Å². The topological polar surface area (TPSA) is 17.1 Å². The molecule has 0 bridgehead atoms. The molecule has 0 aromatic carbocycles. The predicted octanol–water partition coefficient (Wildman–Crippen LogP) is 3.17. The van der Waals surface area contributed by atoms with Crippen LogP contribution in [0.2, 0.25) is 0 Å². The summed E-state index contributed by atoms with van der Waals surface area (Å²) in [4.78, 5) is 10.4. The molecule has 0 aromatic rings. The normalized spacial score (nSPS) is 37.9. The summed E-state index contributed by atoms with van der Waals surface area (Å²) in [5, 5.41) is 0. The van der Waals surface area contributed by atoms with Crippen molar-refractivity contribution >= 4 is 21.7 Å². The summed E-state index contributed by atoms with van der Waals surface area (Å²) in [6.07, 6.45) is 0. The Bertz CT molecular complexity index is 342. The Labute approximate surface area is 95.1 Å². The molecule has 1 aliphatic carbocycles. The molecule has 0 heterocycles. The van der Waals surface area contributed by atoms with Gasteiger partial charge in [0.1, 0.15) is 0 Å². The van der Waals surface area contributed by atoms with Crippen LogP contribution in [0.4, 0.5) is 39.5 Å². The van der Waals surface area contributed by atoms with Crippen molar-refractivity contribution in [2.24, 2.45) is 0 Å². The fourth-order valence-electron chi connectivity index (χ4n) is 1.07. The molecule has 1 unspecified atom stereocenters. The van der Waals surface area contributed by atoms with Crippen molar-refractivity contribution < 1.29 is 44.3 Å². The summed E-state index contributed by atoms with van der Waals surface area (Å²) in [6, 6.07) is 0. The Hall–Kier alpha value is -0.480. The number of carbonyl (C=O) groups is 1. The second-order valence-corrected chi connectivity index (χ2v) is 4.29. The zero-order valence-electron chi connectivity index (χ0n) is 7.19. The zero-order chi connectivity index (χ0) is 14.1. The van der Waals surface area contributed by atoms with E-state index in [0.29, 0.717) is 0 Å². The predicted molar refractivity (Wildman–Crippen MR) is 37.6 cm³/mol. The van der Waals surface area contributed by atoms with E-state index in [0.717, 1.165) is 15.9 Å². The van der Waals surface area contributed by atoms with Crippen LogP contribution in [0.1, 0.15) is 0 Å². The number of hydrogen-bond acceptors (Lipinski definition) is 1. The summed E-state index contributed by atoms with van der Waals surface area (Å²) >= 11 is 1.02. The Morgan fingerprint density at radius 2 is 1.06 bits per heavy atom. The van der Waals surface area contributed by atoms with Gasteiger partial charge < -0.3 is 0 Å². The standard InChI is InChI=1S/C6BrF9O/c7-2(8)1(17)3(9,10)5(13,14)6(15,16)4(2,11)12. The van der Waals surface area contributed by atoms with Crippen LogP contribution in [0.3, 0.4) is 0 Å².